The van der Waals surface area contributed by atoms with E-state index in [1.54, 1.807) is 12.1 Å². The fourth-order valence-corrected chi connectivity index (χ4v) is 2.30. The van der Waals surface area contributed by atoms with Crippen molar-refractivity contribution in [3.8, 4) is 28.8 Å². The third-order valence-corrected chi connectivity index (χ3v) is 3.27. The lowest BCUT2D eigenvalue weighted by atomic mass is 10.1. The Balaban J connectivity index is 2.69. The van der Waals surface area contributed by atoms with Crippen LogP contribution in [0, 0.1) is 11.3 Å². The molecule has 8 heteroatoms. The van der Waals surface area contributed by atoms with Crippen molar-refractivity contribution in [2.75, 3.05) is 24.7 Å². The quantitative estimate of drug-likeness (QED) is 0.862. The molecule has 0 aliphatic carbocycles. The monoisotopic (exact) mass is 333 g/mol. The van der Waals surface area contributed by atoms with Crippen LogP contribution in [0.3, 0.4) is 0 Å². The first-order valence-corrected chi connectivity index (χ1v) is 7.32. The second-order valence-corrected chi connectivity index (χ2v) is 4.85. The number of ether oxygens (including phenoxy) is 2. The zero-order valence-corrected chi connectivity index (χ0v) is 13.5. The van der Waals surface area contributed by atoms with Crippen molar-refractivity contribution in [2.24, 2.45) is 0 Å². The summed E-state index contributed by atoms with van der Waals surface area (Å²) in [5.41, 5.74) is 12.2. The van der Waals surface area contributed by atoms with Crippen LogP contribution in [-0.4, -0.2) is 23.2 Å². The van der Waals surface area contributed by atoms with Crippen molar-refractivity contribution in [1.82, 2.24) is 9.97 Å². The molecule has 0 amide bonds. The smallest absolute Gasteiger partial charge is 0.222 e. The number of hydrogen-bond donors (Lipinski definition) is 2. The highest BCUT2D eigenvalue weighted by atomic mass is 35.5. The minimum absolute atomic E-state index is 0.00193. The summed E-state index contributed by atoms with van der Waals surface area (Å²) in [7, 11) is 0. The Labute approximate surface area is 138 Å². The van der Waals surface area contributed by atoms with Gasteiger partial charge in [-0.15, -0.1) is 0 Å². The number of halogens is 1. The number of hydrogen-bond acceptors (Lipinski definition) is 7. The molecule has 0 aliphatic heterocycles. The van der Waals surface area contributed by atoms with Crippen LogP contribution >= 0.6 is 11.6 Å². The number of nitriles is 1. The van der Waals surface area contributed by atoms with Crippen molar-refractivity contribution in [1.29, 1.82) is 5.26 Å². The summed E-state index contributed by atoms with van der Waals surface area (Å²) in [5, 5.41) is 9.64. The van der Waals surface area contributed by atoms with Gasteiger partial charge in [0.05, 0.1) is 23.9 Å². The molecule has 120 valence electrons. The van der Waals surface area contributed by atoms with E-state index >= 15 is 0 Å². The zero-order valence-electron chi connectivity index (χ0n) is 12.8. The van der Waals surface area contributed by atoms with E-state index in [0.29, 0.717) is 35.3 Å². The Kier molecular flexibility index (Phi) is 5.09. The van der Waals surface area contributed by atoms with E-state index in [9.17, 15) is 5.26 Å². The molecule has 0 bridgehead atoms. The highest BCUT2D eigenvalue weighted by Crippen LogP contribution is 2.39. The second-order valence-electron chi connectivity index (χ2n) is 4.45. The highest BCUT2D eigenvalue weighted by molar-refractivity contribution is 6.33. The maximum absolute atomic E-state index is 9.30. The van der Waals surface area contributed by atoms with E-state index in [-0.39, 0.29) is 23.0 Å². The van der Waals surface area contributed by atoms with Crippen LogP contribution in [0.15, 0.2) is 12.1 Å². The summed E-state index contributed by atoms with van der Waals surface area (Å²) in [6.07, 6.45) is 0. The number of aromatic nitrogens is 2. The molecular formula is C15H16ClN5O2. The topological polar surface area (TPSA) is 120 Å². The number of anilines is 2. The van der Waals surface area contributed by atoms with Crippen molar-refractivity contribution in [2.45, 2.75) is 13.8 Å². The van der Waals surface area contributed by atoms with Crippen molar-refractivity contribution < 1.29 is 9.47 Å². The molecule has 0 radical (unpaired) electrons. The highest BCUT2D eigenvalue weighted by Gasteiger charge is 2.19. The van der Waals surface area contributed by atoms with Gasteiger partial charge < -0.3 is 20.9 Å². The van der Waals surface area contributed by atoms with Gasteiger partial charge in [-0.1, -0.05) is 11.6 Å². The largest absolute Gasteiger partial charge is 0.490 e. The minimum atomic E-state index is -0.0422. The molecule has 0 fully saturated rings. The van der Waals surface area contributed by atoms with Gasteiger partial charge in [-0.2, -0.15) is 10.2 Å². The van der Waals surface area contributed by atoms with Gasteiger partial charge in [0.15, 0.2) is 11.5 Å². The molecule has 0 aliphatic rings. The fourth-order valence-electron chi connectivity index (χ4n) is 2.05. The molecule has 0 spiro atoms. The molecule has 2 aromatic rings. The third kappa shape index (κ3) is 3.38. The lowest BCUT2D eigenvalue weighted by molar-refractivity contribution is 0.288. The molecular weight excluding hydrogens is 318 g/mol. The molecule has 1 aromatic heterocycles. The van der Waals surface area contributed by atoms with Crippen LogP contribution in [0.2, 0.25) is 5.02 Å². The summed E-state index contributed by atoms with van der Waals surface area (Å²) in [4.78, 5) is 7.89. The molecule has 2 rings (SSSR count). The Morgan fingerprint density at radius 2 is 1.74 bits per heavy atom. The first kappa shape index (κ1) is 16.6. The lowest BCUT2D eigenvalue weighted by Gasteiger charge is -2.15. The summed E-state index contributed by atoms with van der Waals surface area (Å²) >= 11 is 6.32. The van der Waals surface area contributed by atoms with Crippen LogP contribution < -0.4 is 20.9 Å². The van der Waals surface area contributed by atoms with Gasteiger partial charge in [0, 0.05) is 11.6 Å². The minimum Gasteiger partial charge on any atom is -0.490 e. The predicted octanol–water partition coefficient (Wildman–Crippen LogP) is 2.63. The lowest BCUT2D eigenvalue weighted by Crippen LogP contribution is -2.06. The second kappa shape index (κ2) is 7.03. The third-order valence-electron chi connectivity index (χ3n) is 2.95. The molecule has 1 aromatic carbocycles. The van der Waals surface area contributed by atoms with E-state index in [4.69, 9.17) is 32.5 Å². The summed E-state index contributed by atoms with van der Waals surface area (Å²) < 4.78 is 11.1. The van der Waals surface area contributed by atoms with Gasteiger partial charge in [-0.05, 0) is 19.9 Å². The van der Waals surface area contributed by atoms with Gasteiger partial charge in [-0.25, -0.2) is 4.98 Å². The normalized spacial score (nSPS) is 10.2. The summed E-state index contributed by atoms with van der Waals surface area (Å²) in [5.74, 6) is 0.960. The average molecular weight is 334 g/mol. The Morgan fingerprint density at radius 1 is 1.13 bits per heavy atom. The summed E-state index contributed by atoms with van der Waals surface area (Å²) in [6.45, 7) is 4.62. The maximum Gasteiger partial charge on any atom is 0.222 e. The molecule has 23 heavy (non-hydrogen) atoms. The van der Waals surface area contributed by atoms with Gasteiger partial charge in [-0.3, -0.25) is 0 Å². The van der Waals surface area contributed by atoms with Crippen LogP contribution in [0.4, 0.5) is 11.8 Å². The number of nitrogen functional groups attached to an aromatic ring is 2. The standard InChI is InChI=1S/C15H16ClN5O2/c1-3-22-11-5-8(10(16)6-12(11)23-4-2)13-9(7-17)14(18)21-15(19)20-13/h5-6H,3-4H2,1-2H3,(H4,18,19,20,21). The van der Waals surface area contributed by atoms with E-state index in [2.05, 4.69) is 9.97 Å². The van der Waals surface area contributed by atoms with Crippen molar-refractivity contribution in [3.05, 3.63) is 22.7 Å². The van der Waals surface area contributed by atoms with E-state index in [1.807, 2.05) is 19.9 Å². The molecule has 0 saturated heterocycles. The predicted molar refractivity (Wildman–Crippen MR) is 88.4 cm³/mol. The molecule has 0 unspecified atom stereocenters. The van der Waals surface area contributed by atoms with E-state index < -0.39 is 0 Å². The Hall–Kier alpha value is -2.72. The van der Waals surface area contributed by atoms with Crippen molar-refractivity contribution in [3.63, 3.8) is 0 Å². The van der Waals surface area contributed by atoms with E-state index in [1.165, 1.54) is 0 Å². The van der Waals surface area contributed by atoms with Crippen molar-refractivity contribution >= 4 is 23.4 Å². The van der Waals surface area contributed by atoms with Gasteiger partial charge >= 0.3 is 0 Å². The maximum atomic E-state index is 9.30. The van der Waals surface area contributed by atoms with Crippen LogP contribution in [0.5, 0.6) is 11.5 Å². The molecule has 7 nitrogen and oxygen atoms in total. The Morgan fingerprint density at radius 3 is 2.30 bits per heavy atom. The SMILES string of the molecule is CCOc1cc(Cl)c(-c2nc(N)nc(N)c2C#N)cc1OCC. The molecule has 0 atom stereocenters. The van der Waals surface area contributed by atoms with Crippen LogP contribution in [0.1, 0.15) is 19.4 Å². The van der Waals surface area contributed by atoms with Crippen LogP contribution in [0.25, 0.3) is 11.3 Å². The summed E-state index contributed by atoms with van der Waals surface area (Å²) in [6, 6.07) is 5.24. The van der Waals surface area contributed by atoms with Crippen LogP contribution in [-0.2, 0) is 0 Å². The molecule has 0 saturated carbocycles. The number of benzene rings is 1. The van der Waals surface area contributed by atoms with Gasteiger partial charge in [0.25, 0.3) is 0 Å². The average Bonchev–Trinajstić information content (AvgIpc) is 2.49. The fraction of sp³-hybridized carbons (Fsp3) is 0.267. The number of nitrogens with zero attached hydrogens (tertiary/aromatic N) is 3. The number of nitrogens with two attached hydrogens (primary N) is 2. The molecule has 1 heterocycles. The zero-order chi connectivity index (χ0) is 17.0. The first-order valence-electron chi connectivity index (χ1n) is 6.94. The number of rotatable bonds is 5. The van der Waals surface area contributed by atoms with Gasteiger partial charge in [0.2, 0.25) is 5.95 Å². The van der Waals surface area contributed by atoms with E-state index in [0.717, 1.165) is 0 Å². The Bertz CT molecular complexity index is 773. The van der Waals surface area contributed by atoms with Gasteiger partial charge in [0.1, 0.15) is 17.5 Å². The molecule has 4 N–H and O–H groups in total. The first-order chi connectivity index (χ1) is 11.0.